The Morgan fingerprint density at radius 2 is 1.82 bits per heavy atom. The van der Waals surface area contributed by atoms with Gasteiger partial charge in [-0.1, -0.05) is 17.7 Å². The lowest BCUT2D eigenvalue weighted by Gasteiger charge is -2.10. The third-order valence-electron chi connectivity index (χ3n) is 3.64. The van der Waals surface area contributed by atoms with Gasteiger partial charge >= 0.3 is 0 Å². The minimum absolute atomic E-state index is 0.124. The van der Waals surface area contributed by atoms with Crippen LogP contribution < -0.4 is 5.32 Å². The number of rotatable bonds is 3. The molecule has 0 radical (unpaired) electrons. The summed E-state index contributed by atoms with van der Waals surface area (Å²) in [5.74, 6) is -0.124. The molecule has 1 amide bonds. The first-order valence-electron chi connectivity index (χ1n) is 7.22. The van der Waals surface area contributed by atoms with Gasteiger partial charge in [0.05, 0.1) is 0 Å². The summed E-state index contributed by atoms with van der Waals surface area (Å²) in [6, 6.07) is 15.3. The monoisotopic (exact) mass is 312 g/mol. The highest BCUT2D eigenvalue weighted by Gasteiger charge is 2.10. The van der Waals surface area contributed by atoms with Gasteiger partial charge in [-0.3, -0.25) is 4.79 Å². The van der Waals surface area contributed by atoms with Gasteiger partial charge in [0.2, 0.25) is 0 Å². The first-order valence-corrected chi connectivity index (χ1v) is 7.60. The van der Waals surface area contributed by atoms with Crippen molar-refractivity contribution in [2.75, 3.05) is 5.32 Å². The summed E-state index contributed by atoms with van der Waals surface area (Å²) in [5, 5.41) is 4.67. The molecule has 0 bridgehead atoms. The number of anilines is 1. The quantitative estimate of drug-likeness (QED) is 0.715. The molecule has 0 saturated heterocycles. The number of nitrogens with zero attached hydrogens (tertiary/aromatic N) is 1. The normalized spacial score (nSPS) is 11.1. The van der Waals surface area contributed by atoms with E-state index in [1.54, 1.807) is 24.3 Å². The zero-order chi connectivity index (χ0) is 15.7. The zero-order valence-electron chi connectivity index (χ0n) is 12.5. The van der Waals surface area contributed by atoms with Crippen LogP contribution in [0.25, 0.3) is 10.9 Å². The maximum atomic E-state index is 12.4. The van der Waals surface area contributed by atoms with Gasteiger partial charge in [0.1, 0.15) is 0 Å². The van der Waals surface area contributed by atoms with Gasteiger partial charge < -0.3 is 9.88 Å². The van der Waals surface area contributed by atoms with E-state index in [4.69, 9.17) is 11.6 Å². The Hall–Kier alpha value is -2.26. The fourth-order valence-electron chi connectivity index (χ4n) is 2.48. The number of hydrogen-bond acceptors (Lipinski definition) is 1. The molecular formula is C18H17ClN2O. The highest BCUT2D eigenvalue weighted by molar-refractivity contribution is 6.30. The molecule has 0 unspecified atom stereocenters. The predicted octanol–water partition coefficient (Wildman–Crippen LogP) is 5.13. The number of aromatic nitrogens is 1. The summed E-state index contributed by atoms with van der Waals surface area (Å²) in [5.41, 5.74) is 2.44. The molecule has 3 aromatic rings. The molecule has 3 rings (SSSR count). The van der Waals surface area contributed by atoms with Crippen LogP contribution in [0.1, 0.15) is 30.2 Å². The third-order valence-corrected chi connectivity index (χ3v) is 3.90. The summed E-state index contributed by atoms with van der Waals surface area (Å²) in [6.45, 7) is 4.25. The SMILES string of the molecule is CC(C)n1ccc2ccc(C(=O)Nc3ccc(Cl)cc3)cc21. The Morgan fingerprint density at radius 3 is 2.50 bits per heavy atom. The first kappa shape index (κ1) is 14.7. The van der Waals surface area contributed by atoms with Crippen molar-refractivity contribution >= 4 is 34.1 Å². The van der Waals surface area contributed by atoms with Crippen LogP contribution in [0.2, 0.25) is 5.02 Å². The molecule has 112 valence electrons. The minimum Gasteiger partial charge on any atom is -0.345 e. The smallest absolute Gasteiger partial charge is 0.255 e. The van der Waals surface area contributed by atoms with Crippen LogP contribution >= 0.6 is 11.6 Å². The second kappa shape index (κ2) is 5.85. The van der Waals surface area contributed by atoms with Gasteiger partial charge in [-0.2, -0.15) is 0 Å². The second-order valence-corrected chi connectivity index (χ2v) is 5.99. The van der Waals surface area contributed by atoms with Crippen molar-refractivity contribution in [3.8, 4) is 0 Å². The summed E-state index contributed by atoms with van der Waals surface area (Å²) >= 11 is 5.85. The number of halogens is 1. The van der Waals surface area contributed by atoms with Crippen molar-refractivity contribution in [3.05, 3.63) is 65.3 Å². The van der Waals surface area contributed by atoms with E-state index >= 15 is 0 Å². The van der Waals surface area contributed by atoms with Crippen LogP contribution in [0, 0.1) is 0 Å². The number of hydrogen-bond donors (Lipinski definition) is 1. The molecule has 0 aliphatic carbocycles. The molecule has 0 saturated carbocycles. The number of carbonyl (C=O) groups is 1. The van der Waals surface area contributed by atoms with E-state index in [1.807, 2.05) is 18.2 Å². The Balaban J connectivity index is 1.90. The molecule has 2 aromatic carbocycles. The van der Waals surface area contributed by atoms with Gasteiger partial charge in [0, 0.05) is 34.0 Å². The summed E-state index contributed by atoms with van der Waals surface area (Å²) in [6.07, 6.45) is 2.05. The summed E-state index contributed by atoms with van der Waals surface area (Å²) in [4.78, 5) is 12.4. The van der Waals surface area contributed by atoms with Gasteiger partial charge in [-0.15, -0.1) is 0 Å². The lowest BCUT2D eigenvalue weighted by Crippen LogP contribution is -2.12. The predicted molar refractivity (Wildman–Crippen MR) is 91.7 cm³/mol. The highest BCUT2D eigenvalue weighted by atomic mass is 35.5. The Labute approximate surface area is 134 Å². The standard InChI is InChI=1S/C18H17ClN2O/c1-12(2)21-10-9-13-3-4-14(11-17(13)21)18(22)20-16-7-5-15(19)6-8-16/h3-12H,1-2H3,(H,20,22). The zero-order valence-corrected chi connectivity index (χ0v) is 13.3. The van der Waals surface area contributed by atoms with E-state index in [0.717, 1.165) is 16.6 Å². The van der Waals surface area contributed by atoms with E-state index in [2.05, 4.69) is 36.0 Å². The molecule has 0 aliphatic heterocycles. The Kier molecular flexibility index (Phi) is 3.90. The molecule has 0 spiro atoms. The molecular weight excluding hydrogens is 296 g/mol. The Bertz CT molecular complexity index is 819. The van der Waals surface area contributed by atoms with E-state index in [0.29, 0.717) is 16.6 Å². The average Bonchev–Trinajstić information content (AvgIpc) is 2.92. The number of nitrogens with one attached hydrogen (secondary N) is 1. The van der Waals surface area contributed by atoms with Crippen molar-refractivity contribution < 1.29 is 4.79 Å². The van der Waals surface area contributed by atoms with Crippen LogP contribution in [0.5, 0.6) is 0 Å². The number of amides is 1. The highest BCUT2D eigenvalue weighted by Crippen LogP contribution is 2.22. The van der Waals surface area contributed by atoms with E-state index in [1.165, 1.54) is 0 Å². The molecule has 1 N–H and O–H groups in total. The van der Waals surface area contributed by atoms with Gasteiger partial charge in [0.25, 0.3) is 5.91 Å². The topological polar surface area (TPSA) is 34.0 Å². The van der Waals surface area contributed by atoms with Crippen molar-refractivity contribution in [1.29, 1.82) is 0 Å². The maximum absolute atomic E-state index is 12.4. The minimum atomic E-state index is -0.124. The lowest BCUT2D eigenvalue weighted by molar-refractivity contribution is 0.102. The number of benzene rings is 2. The van der Waals surface area contributed by atoms with Crippen molar-refractivity contribution in [1.82, 2.24) is 4.57 Å². The molecule has 0 aliphatic rings. The van der Waals surface area contributed by atoms with Crippen LogP contribution in [-0.2, 0) is 0 Å². The van der Waals surface area contributed by atoms with Crippen LogP contribution in [0.15, 0.2) is 54.7 Å². The average molecular weight is 313 g/mol. The largest absolute Gasteiger partial charge is 0.345 e. The van der Waals surface area contributed by atoms with E-state index < -0.39 is 0 Å². The Morgan fingerprint density at radius 1 is 1.09 bits per heavy atom. The first-order chi connectivity index (χ1) is 10.5. The number of carbonyl (C=O) groups excluding carboxylic acids is 1. The molecule has 22 heavy (non-hydrogen) atoms. The van der Waals surface area contributed by atoms with Crippen molar-refractivity contribution in [2.45, 2.75) is 19.9 Å². The molecule has 4 heteroatoms. The fourth-order valence-corrected chi connectivity index (χ4v) is 2.60. The molecule has 1 heterocycles. The van der Waals surface area contributed by atoms with Gasteiger partial charge in [-0.25, -0.2) is 0 Å². The van der Waals surface area contributed by atoms with Crippen LogP contribution in [-0.4, -0.2) is 10.5 Å². The van der Waals surface area contributed by atoms with E-state index in [-0.39, 0.29) is 5.91 Å². The lowest BCUT2D eigenvalue weighted by atomic mass is 10.1. The van der Waals surface area contributed by atoms with Gasteiger partial charge in [0.15, 0.2) is 0 Å². The molecule has 1 aromatic heterocycles. The fraction of sp³-hybridized carbons (Fsp3) is 0.167. The second-order valence-electron chi connectivity index (χ2n) is 5.55. The summed E-state index contributed by atoms with van der Waals surface area (Å²) < 4.78 is 2.16. The summed E-state index contributed by atoms with van der Waals surface area (Å²) in [7, 11) is 0. The van der Waals surface area contributed by atoms with Crippen molar-refractivity contribution in [3.63, 3.8) is 0 Å². The van der Waals surface area contributed by atoms with E-state index in [9.17, 15) is 4.79 Å². The maximum Gasteiger partial charge on any atom is 0.255 e. The molecule has 3 nitrogen and oxygen atoms in total. The number of fused-ring (bicyclic) bond motifs is 1. The van der Waals surface area contributed by atoms with Crippen molar-refractivity contribution in [2.24, 2.45) is 0 Å². The third kappa shape index (κ3) is 2.85. The van der Waals surface area contributed by atoms with Crippen LogP contribution in [0.3, 0.4) is 0 Å². The molecule has 0 fully saturated rings. The van der Waals surface area contributed by atoms with Crippen LogP contribution in [0.4, 0.5) is 5.69 Å². The van der Waals surface area contributed by atoms with Gasteiger partial charge in [-0.05, 0) is 61.7 Å². The molecule has 0 atom stereocenters.